The Labute approximate surface area is 113 Å². The molecule has 0 spiro atoms. The van der Waals surface area contributed by atoms with Crippen LogP contribution in [0.1, 0.15) is 24.9 Å². The summed E-state index contributed by atoms with van der Waals surface area (Å²) < 4.78 is 5.11. The number of hydrogen-bond donors (Lipinski definition) is 3. The van der Waals surface area contributed by atoms with Gasteiger partial charge in [0.2, 0.25) is 0 Å². The van der Waals surface area contributed by atoms with E-state index in [0.717, 1.165) is 11.3 Å². The molecule has 1 aromatic carbocycles. The Morgan fingerprint density at radius 1 is 1.39 bits per heavy atom. The van der Waals surface area contributed by atoms with Crippen molar-refractivity contribution < 1.29 is 9.84 Å². The first-order valence-electron chi connectivity index (χ1n) is 5.96. The van der Waals surface area contributed by atoms with Gasteiger partial charge in [-0.3, -0.25) is 0 Å². The number of benzene rings is 1. The highest BCUT2D eigenvalue weighted by Gasteiger charge is 2.06. The lowest BCUT2D eigenvalue weighted by atomic mass is 10.1. The third kappa shape index (κ3) is 4.89. The van der Waals surface area contributed by atoms with Crippen LogP contribution in [0, 0.1) is 0 Å². The molecule has 0 radical (unpaired) electrons. The van der Waals surface area contributed by atoms with Crippen molar-refractivity contribution in [3.8, 4) is 5.75 Å². The van der Waals surface area contributed by atoms with Crippen molar-refractivity contribution in [3.63, 3.8) is 0 Å². The fourth-order valence-electron chi connectivity index (χ4n) is 1.50. The fraction of sp³-hybridized carbons (Fsp3) is 0.462. The average molecular weight is 268 g/mol. The van der Waals surface area contributed by atoms with Crippen LogP contribution in [0.15, 0.2) is 24.3 Å². The number of nitrogens with one attached hydrogen (secondary N) is 2. The molecular formula is C13H20N2O2S. The Bertz CT molecular complexity index is 368. The second-order valence-electron chi connectivity index (χ2n) is 3.97. The highest BCUT2D eigenvalue weighted by Crippen LogP contribution is 2.16. The number of methoxy groups -OCH3 is 1. The van der Waals surface area contributed by atoms with Gasteiger partial charge in [0.05, 0.1) is 13.2 Å². The van der Waals surface area contributed by atoms with E-state index < -0.39 is 0 Å². The molecule has 0 aromatic heterocycles. The molecule has 1 atom stereocenters. The molecular weight excluding hydrogens is 248 g/mol. The predicted octanol–water partition coefficient (Wildman–Crippen LogP) is 1.60. The molecule has 0 saturated heterocycles. The first-order chi connectivity index (χ1) is 8.67. The molecule has 4 nitrogen and oxygen atoms in total. The van der Waals surface area contributed by atoms with Gasteiger partial charge < -0.3 is 20.5 Å². The maximum atomic E-state index is 8.67. The monoisotopic (exact) mass is 268 g/mol. The van der Waals surface area contributed by atoms with Crippen LogP contribution in [0.4, 0.5) is 0 Å². The van der Waals surface area contributed by atoms with Crippen LogP contribution in [0.5, 0.6) is 5.75 Å². The molecule has 0 aliphatic heterocycles. The summed E-state index contributed by atoms with van der Waals surface area (Å²) in [5.41, 5.74) is 1.14. The number of rotatable bonds is 6. The predicted molar refractivity (Wildman–Crippen MR) is 76.8 cm³/mol. The quantitative estimate of drug-likeness (QED) is 0.540. The third-order valence-corrected chi connectivity index (χ3v) is 2.85. The van der Waals surface area contributed by atoms with E-state index in [4.69, 9.17) is 22.1 Å². The molecule has 5 heteroatoms. The van der Waals surface area contributed by atoms with Gasteiger partial charge in [-0.15, -0.1) is 0 Å². The van der Waals surface area contributed by atoms with Gasteiger partial charge in [-0.2, -0.15) is 0 Å². The number of hydrogen-bond acceptors (Lipinski definition) is 3. The van der Waals surface area contributed by atoms with E-state index in [-0.39, 0.29) is 12.6 Å². The molecule has 0 aliphatic rings. The largest absolute Gasteiger partial charge is 0.497 e. The highest BCUT2D eigenvalue weighted by molar-refractivity contribution is 7.80. The molecule has 0 aliphatic carbocycles. The molecule has 18 heavy (non-hydrogen) atoms. The van der Waals surface area contributed by atoms with Gasteiger partial charge in [-0.05, 0) is 43.3 Å². The standard InChI is InChI=1S/C13H20N2O2S/c1-10(15-13(18)14-8-3-9-16)11-4-6-12(17-2)7-5-11/h4-7,10,16H,3,8-9H2,1-2H3,(H2,14,15,18). The normalized spacial score (nSPS) is 11.7. The molecule has 0 fully saturated rings. The third-order valence-electron chi connectivity index (χ3n) is 2.58. The van der Waals surface area contributed by atoms with E-state index in [2.05, 4.69) is 10.6 Å². The van der Waals surface area contributed by atoms with E-state index >= 15 is 0 Å². The molecule has 3 N–H and O–H groups in total. The summed E-state index contributed by atoms with van der Waals surface area (Å²) in [4.78, 5) is 0. The van der Waals surface area contributed by atoms with Crippen LogP contribution < -0.4 is 15.4 Å². The van der Waals surface area contributed by atoms with Gasteiger partial charge in [-0.25, -0.2) is 0 Å². The van der Waals surface area contributed by atoms with Crippen LogP contribution in [0.25, 0.3) is 0 Å². The van der Waals surface area contributed by atoms with Crippen molar-refractivity contribution in [2.24, 2.45) is 0 Å². The second-order valence-corrected chi connectivity index (χ2v) is 4.38. The van der Waals surface area contributed by atoms with Crippen molar-refractivity contribution in [1.82, 2.24) is 10.6 Å². The Morgan fingerprint density at radius 3 is 2.61 bits per heavy atom. The molecule has 0 bridgehead atoms. The van der Waals surface area contributed by atoms with Gasteiger partial charge >= 0.3 is 0 Å². The Kier molecular flexibility index (Phi) is 6.46. The van der Waals surface area contributed by atoms with Crippen molar-refractivity contribution in [1.29, 1.82) is 0 Å². The lowest BCUT2D eigenvalue weighted by Gasteiger charge is -2.17. The van der Waals surface area contributed by atoms with Crippen molar-refractivity contribution in [2.75, 3.05) is 20.3 Å². The van der Waals surface area contributed by atoms with Gasteiger partial charge in [0.25, 0.3) is 0 Å². The Hall–Kier alpha value is -1.33. The summed E-state index contributed by atoms with van der Waals surface area (Å²) in [7, 11) is 1.65. The molecule has 100 valence electrons. The van der Waals surface area contributed by atoms with Gasteiger partial charge in [0.15, 0.2) is 5.11 Å². The van der Waals surface area contributed by atoms with Crippen LogP contribution in [-0.4, -0.2) is 30.5 Å². The van der Waals surface area contributed by atoms with Crippen molar-refractivity contribution >= 4 is 17.3 Å². The van der Waals surface area contributed by atoms with E-state index in [0.29, 0.717) is 18.1 Å². The molecule has 1 unspecified atom stereocenters. The Morgan fingerprint density at radius 2 is 2.06 bits per heavy atom. The minimum atomic E-state index is 0.130. The van der Waals surface area contributed by atoms with Crippen LogP contribution in [0.2, 0.25) is 0 Å². The van der Waals surface area contributed by atoms with E-state index in [1.807, 2.05) is 31.2 Å². The summed E-state index contributed by atoms with van der Waals surface area (Å²) in [5.74, 6) is 0.842. The Balaban J connectivity index is 2.43. The van der Waals surface area contributed by atoms with Crippen LogP contribution >= 0.6 is 12.2 Å². The number of ether oxygens (including phenoxy) is 1. The first-order valence-corrected chi connectivity index (χ1v) is 6.37. The summed E-state index contributed by atoms with van der Waals surface area (Å²) in [6.07, 6.45) is 0.693. The molecule has 0 heterocycles. The number of aliphatic hydroxyl groups is 1. The molecule has 1 rings (SSSR count). The zero-order valence-corrected chi connectivity index (χ0v) is 11.6. The van der Waals surface area contributed by atoms with E-state index in [1.54, 1.807) is 7.11 Å². The molecule has 0 amide bonds. The number of thiocarbonyl (C=S) groups is 1. The lowest BCUT2D eigenvalue weighted by molar-refractivity contribution is 0.289. The van der Waals surface area contributed by atoms with Gasteiger partial charge in [0.1, 0.15) is 5.75 Å². The maximum absolute atomic E-state index is 8.67. The first kappa shape index (κ1) is 14.7. The smallest absolute Gasteiger partial charge is 0.166 e. The van der Waals surface area contributed by atoms with Gasteiger partial charge in [0, 0.05) is 13.2 Å². The van der Waals surface area contributed by atoms with Gasteiger partial charge in [-0.1, -0.05) is 12.1 Å². The zero-order valence-electron chi connectivity index (χ0n) is 10.8. The second kappa shape index (κ2) is 7.89. The SMILES string of the molecule is COc1ccc(C(C)NC(=S)NCCCO)cc1. The highest BCUT2D eigenvalue weighted by atomic mass is 32.1. The van der Waals surface area contributed by atoms with E-state index in [9.17, 15) is 0 Å². The van der Waals surface area contributed by atoms with Crippen molar-refractivity contribution in [2.45, 2.75) is 19.4 Å². The molecule has 0 saturated carbocycles. The molecule has 1 aromatic rings. The summed E-state index contributed by atoms with van der Waals surface area (Å²) >= 11 is 5.16. The lowest BCUT2D eigenvalue weighted by Crippen LogP contribution is -2.37. The topological polar surface area (TPSA) is 53.5 Å². The summed E-state index contributed by atoms with van der Waals surface area (Å²) in [5, 5.41) is 15.5. The average Bonchev–Trinajstić information content (AvgIpc) is 2.39. The number of aliphatic hydroxyl groups excluding tert-OH is 1. The fourth-order valence-corrected chi connectivity index (χ4v) is 1.78. The minimum absolute atomic E-state index is 0.130. The maximum Gasteiger partial charge on any atom is 0.166 e. The summed E-state index contributed by atoms with van der Waals surface area (Å²) in [6.45, 7) is 2.89. The van der Waals surface area contributed by atoms with Crippen LogP contribution in [-0.2, 0) is 0 Å². The van der Waals surface area contributed by atoms with Crippen LogP contribution in [0.3, 0.4) is 0 Å². The minimum Gasteiger partial charge on any atom is -0.497 e. The summed E-state index contributed by atoms with van der Waals surface area (Å²) in [6, 6.07) is 8.00. The van der Waals surface area contributed by atoms with E-state index in [1.165, 1.54) is 0 Å². The van der Waals surface area contributed by atoms with Crippen molar-refractivity contribution in [3.05, 3.63) is 29.8 Å². The zero-order chi connectivity index (χ0) is 13.4.